The number of piperazine rings is 1. The fraction of sp³-hybridized carbons (Fsp3) is 0.727. The molecule has 1 fully saturated rings. The molecule has 1 aliphatic rings. The molecule has 1 saturated heterocycles. The van der Waals surface area contributed by atoms with Gasteiger partial charge in [-0.25, -0.2) is 4.98 Å². The van der Waals surface area contributed by atoms with Crippen molar-refractivity contribution >= 4 is 17.2 Å². The zero-order chi connectivity index (χ0) is 11.7. The van der Waals surface area contributed by atoms with Gasteiger partial charge in [0.05, 0.1) is 5.01 Å². The fourth-order valence-corrected chi connectivity index (χ4v) is 3.00. The summed E-state index contributed by atoms with van der Waals surface area (Å²) in [7, 11) is 4.38. The van der Waals surface area contributed by atoms with Gasteiger partial charge in [-0.3, -0.25) is 0 Å². The summed E-state index contributed by atoms with van der Waals surface area (Å²) >= 11 is 1.73. The summed E-state index contributed by atoms with van der Waals surface area (Å²) in [5.74, 6) is 0.701. The summed E-state index contributed by atoms with van der Waals surface area (Å²) in [5.41, 5.74) is 5.78. The predicted octanol–water partition coefficient (Wildman–Crippen LogP) is 0.822. The Bertz CT molecular complexity index is 343. The van der Waals surface area contributed by atoms with Crippen LogP contribution >= 0.6 is 11.3 Å². The molecule has 16 heavy (non-hydrogen) atoms. The third-order valence-corrected chi connectivity index (χ3v) is 4.28. The van der Waals surface area contributed by atoms with Gasteiger partial charge in [0.25, 0.3) is 0 Å². The molecule has 1 aliphatic heterocycles. The molecule has 4 nitrogen and oxygen atoms in total. The SMILES string of the molecule is Cc1sc(CC2CN(C)CCN2C)nc1N. The van der Waals surface area contributed by atoms with Crippen LogP contribution in [0.3, 0.4) is 0 Å². The first-order chi connectivity index (χ1) is 7.56. The first-order valence-electron chi connectivity index (χ1n) is 5.67. The van der Waals surface area contributed by atoms with E-state index in [1.807, 2.05) is 6.92 Å². The summed E-state index contributed by atoms with van der Waals surface area (Å²) in [4.78, 5) is 10.4. The summed E-state index contributed by atoms with van der Waals surface area (Å²) in [6.45, 7) is 5.45. The smallest absolute Gasteiger partial charge is 0.137 e. The highest BCUT2D eigenvalue weighted by Crippen LogP contribution is 2.22. The molecule has 0 saturated carbocycles. The van der Waals surface area contributed by atoms with Gasteiger partial charge in [0, 0.05) is 37.0 Å². The molecule has 0 aromatic carbocycles. The normalized spacial score (nSPS) is 23.8. The summed E-state index contributed by atoms with van der Waals surface area (Å²) < 4.78 is 0. The van der Waals surface area contributed by atoms with Gasteiger partial charge < -0.3 is 15.5 Å². The van der Waals surface area contributed by atoms with Crippen molar-refractivity contribution < 1.29 is 0 Å². The van der Waals surface area contributed by atoms with Crippen LogP contribution in [0, 0.1) is 6.92 Å². The average Bonchev–Trinajstić information content (AvgIpc) is 2.52. The van der Waals surface area contributed by atoms with Gasteiger partial charge in [-0.15, -0.1) is 11.3 Å². The Labute approximate surface area is 101 Å². The molecule has 0 radical (unpaired) electrons. The number of aryl methyl sites for hydroxylation is 1. The second-order valence-corrected chi connectivity index (χ2v) is 5.94. The van der Waals surface area contributed by atoms with Crippen molar-refractivity contribution in [1.82, 2.24) is 14.8 Å². The lowest BCUT2D eigenvalue weighted by Crippen LogP contribution is -2.50. The number of thiazole rings is 1. The van der Waals surface area contributed by atoms with Crippen molar-refractivity contribution in [2.45, 2.75) is 19.4 Å². The zero-order valence-electron chi connectivity index (χ0n) is 10.2. The lowest BCUT2D eigenvalue weighted by molar-refractivity contribution is 0.114. The van der Waals surface area contributed by atoms with Crippen LogP contribution in [0.25, 0.3) is 0 Å². The van der Waals surface area contributed by atoms with Crippen LogP contribution in [0.5, 0.6) is 0 Å². The van der Waals surface area contributed by atoms with E-state index in [0.717, 1.165) is 30.9 Å². The van der Waals surface area contributed by atoms with Crippen molar-refractivity contribution in [3.63, 3.8) is 0 Å². The Morgan fingerprint density at radius 1 is 1.44 bits per heavy atom. The number of hydrogen-bond donors (Lipinski definition) is 1. The standard InChI is InChI=1S/C11H20N4S/c1-8-11(12)13-10(16-8)6-9-7-14(2)4-5-15(9)3/h9H,4-7,12H2,1-3H3. The average molecular weight is 240 g/mol. The molecular weight excluding hydrogens is 220 g/mol. The third-order valence-electron chi connectivity index (χ3n) is 3.27. The van der Waals surface area contributed by atoms with Crippen LogP contribution in [-0.4, -0.2) is 54.6 Å². The van der Waals surface area contributed by atoms with E-state index >= 15 is 0 Å². The Kier molecular flexibility index (Phi) is 3.47. The summed E-state index contributed by atoms with van der Waals surface area (Å²) in [6.07, 6.45) is 1.02. The predicted molar refractivity (Wildman–Crippen MR) is 68.9 cm³/mol. The van der Waals surface area contributed by atoms with E-state index < -0.39 is 0 Å². The van der Waals surface area contributed by atoms with Crippen molar-refractivity contribution in [3.8, 4) is 0 Å². The number of rotatable bonds is 2. The molecule has 0 aliphatic carbocycles. The molecule has 5 heteroatoms. The van der Waals surface area contributed by atoms with Crippen molar-refractivity contribution in [3.05, 3.63) is 9.88 Å². The maximum atomic E-state index is 5.78. The maximum absolute atomic E-state index is 5.78. The van der Waals surface area contributed by atoms with Crippen LogP contribution in [0.15, 0.2) is 0 Å². The molecular formula is C11H20N4S. The number of nitrogen functional groups attached to an aromatic ring is 1. The molecule has 1 atom stereocenters. The molecule has 0 amide bonds. The van der Waals surface area contributed by atoms with Crippen LogP contribution < -0.4 is 5.73 Å². The topological polar surface area (TPSA) is 45.4 Å². The van der Waals surface area contributed by atoms with Gasteiger partial charge in [-0.2, -0.15) is 0 Å². The van der Waals surface area contributed by atoms with Gasteiger partial charge in [-0.1, -0.05) is 0 Å². The van der Waals surface area contributed by atoms with Gasteiger partial charge in [0.2, 0.25) is 0 Å². The van der Waals surface area contributed by atoms with E-state index in [2.05, 4.69) is 28.9 Å². The Balaban J connectivity index is 2.02. The highest BCUT2D eigenvalue weighted by atomic mass is 32.1. The number of likely N-dealkylation sites (N-methyl/N-ethyl adjacent to an activating group) is 2. The van der Waals surface area contributed by atoms with Crippen molar-refractivity contribution in [2.75, 3.05) is 39.5 Å². The number of hydrogen-bond acceptors (Lipinski definition) is 5. The minimum absolute atomic E-state index is 0.573. The lowest BCUT2D eigenvalue weighted by Gasteiger charge is -2.37. The fourth-order valence-electron chi connectivity index (χ4n) is 2.08. The van der Waals surface area contributed by atoms with E-state index in [1.165, 1.54) is 5.01 Å². The molecule has 1 aromatic heterocycles. The number of nitrogens with two attached hydrogens (primary N) is 1. The molecule has 1 aromatic rings. The van der Waals surface area contributed by atoms with Crippen LogP contribution in [0.2, 0.25) is 0 Å². The van der Waals surface area contributed by atoms with Gasteiger partial charge in [0.15, 0.2) is 0 Å². The van der Waals surface area contributed by atoms with Crippen LogP contribution in [-0.2, 0) is 6.42 Å². The highest BCUT2D eigenvalue weighted by Gasteiger charge is 2.23. The Morgan fingerprint density at radius 3 is 2.81 bits per heavy atom. The third kappa shape index (κ3) is 2.53. The molecule has 2 N–H and O–H groups in total. The first-order valence-corrected chi connectivity index (χ1v) is 6.48. The largest absolute Gasteiger partial charge is 0.383 e. The summed E-state index contributed by atoms with van der Waals surface area (Å²) in [6, 6.07) is 0.573. The van der Waals surface area contributed by atoms with E-state index in [0.29, 0.717) is 11.9 Å². The van der Waals surface area contributed by atoms with E-state index in [4.69, 9.17) is 5.73 Å². The van der Waals surface area contributed by atoms with Gasteiger partial charge in [-0.05, 0) is 21.0 Å². The zero-order valence-corrected chi connectivity index (χ0v) is 11.0. The van der Waals surface area contributed by atoms with E-state index in [-0.39, 0.29) is 0 Å². The van der Waals surface area contributed by atoms with E-state index in [9.17, 15) is 0 Å². The van der Waals surface area contributed by atoms with Gasteiger partial charge >= 0.3 is 0 Å². The lowest BCUT2D eigenvalue weighted by atomic mass is 10.1. The number of aromatic nitrogens is 1. The van der Waals surface area contributed by atoms with Crippen LogP contribution in [0.4, 0.5) is 5.82 Å². The number of nitrogens with zero attached hydrogens (tertiary/aromatic N) is 3. The summed E-state index contributed by atoms with van der Waals surface area (Å²) in [5, 5.41) is 1.17. The quantitative estimate of drug-likeness (QED) is 0.831. The van der Waals surface area contributed by atoms with Gasteiger partial charge in [0.1, 0.15) is 5.82 Å². The minimum Gasteiger partial charge on any atom is -0.383 e. The molecule has 0 bridgehead atoms. The second kappa shape index (κ2) is 4.69. The molecule has 2 rings (SSSR count). The molecule has 90 valence electrons. The maximum Gasteiger partial charge on any atom is 0.137 e. The first kappa shape index (κ1) is 11.8. The monoisotopic (exact) mass is 240 g/mol. The Hall–Kier alpha value is -0.650. The minimum atomic E-state index is 0.573. The number of anilines is 1. The van der Waals surface area contributed by atoms with Crippen molar-refractivity contribution in [1.29, 1.82) is 0 Å². The molecule has 1 unspecified atom stereocenters. The second-order valence-electron chi connectivity index (χ2n) is 4.65. The molecule has 0 spiro atoms. The highest BCUT2D eigenvalue weighted by molar-refractivity contribution is 7.12. The Morgan fingerprint density at radius 2 is 2.19 bits per heavy atom. The van der Waals surface area contributed by atoms with Crippen LogP contribution in [0.1, 0.15) is 9.88 Å². The molecule has 2 heterocycles. The van der Waals surface area contributed by atoms with E-state index in [1.54, 1.807) is 11.3 Å². The van der Waals surface area contributed by atoms with Crippen molar-refractivity contribution in [2.24, 2.45) is 0 Å².